The first-order valence-electron chi connectivity index (χ1n) is 12.1. The fraction of sp³-hybridized carbons (Fsp3) is 0.207. The highest BCUT2D eigenvalue weighted by atomic mass is 35.5. The molecule has 9 nitrogen and oxygen atoms in total. The summed E-state index contributed by atoms with van der Waals surface area (Å²) < 4.78 is 27.4. The summed E-state index contributed by atoms with van der Waals surface area (Å²) in [6, 6.07) is 16.0. The van der Waals surface area contributed by atoms with Crippen LogP contribution in [0, 0.1) is 0 Å². The van der Waals surface area contributed by atoms with Gasteiger partial charge in [0.05, 0.1) is 39.0 Å². The zero-order valence-corrected chi connectivity index (χ0v) is 23.9. The molecule has 0 bridgehead atoms. The smallest absolute Gasteiger partial charge is 0.226 e. The van der Waals surface area contributed by atoms with E-state index in [2.05, 4.69) is 15.6 Å². The molecule has 40 heavy (non-hydrogen) atoms. The number of benzene rings is 3. The Bertz CT molecular complexity index is 1550. The van der Waals surface area contributed by atoms with Gasteiger partial charge in [0.1, 0.15) is 11.5 Å². The number of rotatable bonds is 10. The molecule has 0 fully saturated rings. The molecule has 0 saturated carbocycles. The third-order valence-corrected chi connectivity index (χ3v) is 6.46. The average molecular weight is 582 g/mol. The van der Waals surface area contributed by atoms with E-state index in [0.29, 0.717) is 57.1 Å². The van der Waals surface area contributed by atoms with Gasteiger partial charge in [-0.1, -0.05) is 17.7 Å². The third kappa shape index (κ3) is 6.83. The van der Waals surface area contributed by atoms with Gasteiger partial charge in [-0.15, -0.1) is 0 Å². The summed E-state index contributed by atoms with van der Waals surface area (Å²) in [5, 5.41) is 6.90. The number of aromatic nitrogens is 1. The van der Waals surface area contributed by atoms with Crippen molar-refractivity contribution < 1.29 is 28.5 Å². The minimum absolute atomic E-state index is 0.156. The van der Waals surface area contributed by atoms with Gasteiger partial charge in [-0.05, 0) is 66.7 Å². The summed E-state index contributed by atoms with van der Waals surface area (Å²) in [7, 11) is 6.27. The zero-order chi connectivity index (χ0) is 28.6. The molecule has 1 aromatic heterocycles. The molecule has 1 amide bonds. The Kier molecular flexibility index (Phi) is 9.47. The quantitative estimate of drug-likeness (QED) is 0.213. The lowest BCUT2D eigenvalue weighted by Gasteiger charge is -2.14. The fourth-order valence-electron chi connectivity index (χ4n) is 3.96. The Morgan fingerprint density at radius 1 is 0.825 bits per heavy atom. The van der Waals surface area contributed by atoms with Crippen molar-refractivity contribution in [2.24, 2.45) is 0 Å². The summed E-state index contributed by atoms with van der Waals surface area (Å²) in [4.78, 5) is 16.8. The van der Waals surface area contributed by atoms with Crippen LogP contribution < -0.4 is 34.3 Å². The van der Waals surface area contributed by atoms with E-state index in [-0.39, 0.29) is 17.4 Å². The first-order valence-corrected chi connectivity index (χ1v) is 12.9. The Labute approximate surface area is 242 Å². The predicted octanol–water partition coefficient (Wildman–Crippen LogP) is 6.16. The van der Waals surface area contributed by atoms with Crippen LogP contribution in [0.1, 0.15) is 12.0 Å². The number of fused-ring (bicyclic) bond motifs is 1. The van der Waals surface area contributed by atoms with Crippen LogP contribution in [-0.2, 0) is 11.2 Å². The number of methoxy groups -OCH3 is 4. The van der Waals surface area contributed by atoms with Crippen LogP contribution in [0.15, 0.2) is 60.8 Å². The molecule has 0 unspecified atom stereocenters. The summed E-state index contributed by atoms with van der Waals surface area (Å²) >= 11 is 11.8. The Morgan fingerprint density at radius 3 is 2.20 bits per heavy atom. The number of ether oxygens (including phenoxy) is 5. The number of amides is 1. The van der Waals surface area contributed by atoms with Crippen LogP contribution in [0.2, 0.25) is 5.02 Å². The van der Waals surface area contributed by atoms with Crippen molar-refractivity contribution in [1.82, 2.24) is 10.3 Å². The topological polar surface area (TPSA) is 100 Å². The van der Waals surface area contributed by atoms with Gasteiger partial charge in [-0.2, -0.15) is 0 Å². The summed E-state index contributed by atoms with van der Waals surface area (Å²) in [5.41, 5.74) is 2.21. The van der Waals surface area contributed by atoms with Gasteiger partial charge >= 0.3 is 0 Å². The molecule has 0 aliphatic rings. The van der Waals surface area contributed by atoms with Gasteiger partial charge in [0, 0.05) is 29.8 Å². The average Bonchev–Trinajstić information content (AvgIpc) is 2.96. The number of hydrogen-bond acceptors (Lipinski definition) is 8. The fourth-order valence-corrected chi connectivity index (χ4v) is 4.41. The molecular weight excluding hydrogens is 554 g/mol. The van der Waals surface area contributed by atoms with Crippen molar-refractivity contribution in [2.45, 2.75) is 12.8 Å². The van der Waals surface area contributed by atoms with Gasteiger partial charge in [0.15, 0.2) is 28.1 Å². The second kappa shape index (κ2) is 13.2. The lowest BCUT2D eigenvalue weighted by Crippen LogP contribution is -2.34. The standard InChI is InChI=1S/C29H28ClN3O6S/c1-35-24-8-5-17(13-25(24)36-2)6-10-28(34)33-29(40)32-18-7-9-23(20(30)14-18)39-22-11-12-31-21-16-27(38-4)26(37-3)15-19(21)22/h5,7-9,11-16H,6,10H2,1-4H3,(H2,32,33,34,40). The van der Waals surface area contributed by atoms with Gasteiger partial charge in [0.2, 0.25) is 5.91 Å². The van der Waals surface area contributed by atoms with Crippen LogP contribution in [0.4, 0.5) is 5.69 Å². The second-order valence-corrected chi connectivity index (χ2v) is 9.29. The van der Waals surface area contributed by atoms with E-state index in [1.165, 1.54) is 0 Å². The maximum absolute atomic E-state index is 12.4. The normalized spacial score (nSPS) is 10.5. The van der Waals surface area contributed by atoms with Crippen molar-refractivity contribution in [3.63, 3.8) is 0 Å². The molecule has 11 heteroatoms. The minimum Gasteiger partial charge on any atom is -0.493 e. The maximum atomic E-state index is 12.4. The second-order valence-electron chi connectivity index (χ2n) is 8.47. The highest BCUT2D eigenvalue weighted by Crippen LogP contribution is 2.39. The number of halogens is 1. The van der Waals surface area contributed by atoms with Crippen molar-refractivity contribution in [1.29, 1.82) is 0 Å². The number of anilines is 1. The van der Waals surface area contributed by atoms with Crippen LogP contribution in [0.5, 0.6) is 34.5 Å². The first kappa shape index (κ1) is 28.7. The van der Waals surface area contributed by atoms with Crippen LogP contribution in [-0.4, -0.2) is 44.4 Å². The lowest BCUT2D eigenvalue weighted by molar-refractivity contribution is -0.119. The van der Waals surface area contributed by atoms with Crippen LogP contribution in [0.3, 0.4) is 0 Å². The number of nitrogens with zero attached hydrogens (tertiary/aromatic N) is 1. The molecule has 0 radical (unpaired) electrons. The van der Waals surface area contributed by atoms with Crippen LogP contribution >= 0.6 is 23.8 Å². The zero-order valence-electron chi connectivity index (χ0n) is 22.4. The van der Waals surface area contributed by atoms with Gasteiger partial charge in [-0.3, -0.25) is 9.78 Å². The van der Waals surface area contributed by atoms with Gasteiger partial charge < -0.3 is 34.3 Å². The van der Waals surface area contributed by atoms with E-state index in [4.69, 9.17) is 47.5 Å². The monoisotopic (exact) mass is 581 g/mol. The van der Waals surface area contributed by atoms with Gasteiger partial charge in [0.25, 0.3) is 0 Å². The summed E-state index contributed by atoms with van der Waals surface area (Å²) in [6.07, 6.45) is 2.38. The van der Waals surface area contributed by atoms with E-state index < -0.39 is 0 Å². The van der Waals surface area contributed by atoms with Crippen molar-refractivity contribution >= 4 is 51.4 Å². The SMILES string of the molecule is COc1ccc(CCC(=O)NC(=S)Nc2ccc(Oc3ccnc4cc(OC)c(OC)cc34)c(Cl)c2)cc1OC. The molecule has 0 aliphatic carbocycles. The number of hydrogen-bond donors (Lipinski definition) is 2. The minimum atomic E-state index is -0.227. The Hall–Kier alpha value is -4.28. The third-order valence-electron chi connectivity index (χ3n) is 5.96. The molecular formula is C29H28ClN3O6S. The molecule has 1 heterocycles. The molecule has 4 aromatic rings. The van der Waals surface area contributed by atoms with Crippen molar-refractivity contribution in [2.75, 3.05) is 33.8 Å². The highest BCUT2D eigenvalue weighted by molar-refractivity contribution is 7.80. The molecule has 0 spiro atoms. The van der Waals surface area contributed by atoms with E-state index >= 15 is 0 Å². The number of aryl methyl sites for hydroxylation is 1. The van der Waals surface area contributed by atoms with Crippen LogP contribution in [0.25, 0.3) is 10.9 Å². The number of thiocarbonyl (C=S) groups is 1. The molecule has 0 atom stereocenters. The molecule has 4 rings (SSSR count). The number of nitrogens with one attached hydrogen (secondary N) is 2. The van der Waals surface area contributed by atoms with E-state index in [0.717, 1.165) is 10.9 Å². The summed E-state index contributed by atoms with van der Waals surface area (Å²) in [5.74, 6) is 3.11. The van der Waals surface area contributed by atoms with Crippen molar-refractivity contribution in [3.05, 3.63) is 71.4 Å². The molecule has 0 saturated heterocycles. The summed E-state index contributed by atoms with van der Waals surface area (Å²) in [6.45, 7) is 0. The largest absolute Gasteiger partial charge is 0.493 e. The number of carbonyl (C=O) groups is 1. The molecule has 3 aromatic carbocycles. The molecule has 0 aliphatic heterocycles. The highest BCUT2D eigenvalue weighted by Gasteiger charge is 2.14. The van der Waals surface area contributed by atoms with Crippen molar-refractivity contribution in [3.8, 4) is 34.5 Å². The van der Waals surface area contributed by atoms with Gasteiger partial charge in [-0.25, -0.2) is 0 Å². The predicted molar refractivity (Wildman–Crippen MR) is 159 cm³/mol. The number of pyridine rings is 1. The number of carbonyl (C=O) groups excluding carboxylic acids is 1. The molecule has 208 valence electrons. The van der Waals surface area contributed by atoms with E-state index in [1.807, 2.05) is 12.1 Å². The molecule has 2 N–H and O–H groups in total. The van der Waals surface area contributed by atoms with E-state index in [1.54, 1.807) is 77.1 Å². The Morgan fingerprint density at radius 2 is 1.50 bits per heavy atom. The maximum Gasteiger partial charge on any atom is 0.226 e. The Balaban J connectivity index is 1.37. The first-order chi connectivity index (χ1) is 19.3. The lowest BCUT2D eigenvalue weighted by atomic mass is 10.1. The van der Waals surface area contributed by atoms with E-state index in [9.17, 15) is 4.79 Å².